The fourth-order valence-corrected chi connectivity index (χ4v) is 4.64. The maximum atomic E-state index is 5.79. The topological polar surface area (TPSA) is 84.5 Å². The molecule has 0 aliphatic carbocycles. The first-order chi connectivity index (χ1) is 15.6. The molecule has 2 N–H and O–H groups in total. The van der Waals surface area contributed by atoms with Gasteiger partial charge in [0.15, 0.2) is 23.0 Å². The zero-order valence-corrected chi connectivity index (χ0v) is 19.0. The summed E-state index contributed by atoms with van der Waals surface area (Å²) < 4.78 is 17.1. The zero-order chi connectivity index (χ0) is 22.1. The lowest BCUT2D eigenvalue weighted by Crippen LogP contribution is -2.34. The summed E-state index contributed by atoms with van der Waals surface area (Å²) in [6, 6.07) is 8.62. The van der Waals surface area contributed by atoms with Crippen LogP contribution >= 0.6 is 0 Å². The van der Waals surface area contributed by atoms with Crippen LogP contribution in [-0.2, 0) is 6.54 Å². The van der Waals surface area contributed by atoms with Crippen molar-refractivity contribution in [2.24, 2.45) is 0 Å². The number of anilines is 1. The number of nitrogens with one attached hydrogen (secondary N) is 2. The van der Waals surface area contributed by atoms with Gasteiger partial charge in [-0.15, -0.1) is 0 Å². The van der Waals surface area contributed by atoms with Crippen molar-refractivity contribution in [2.45, 2.75) is 45.2 Å². The Hall–Kier alpha value is -3.00. The van der Waals surface area contributed by atoms with Crippen molar-refractivity contribution in [1.29, 1.82) is 0 Å². The number of hydrogen-bond acceptors (Lipinski definition) is 7. The number of nitrogens with zero attached hydrogens (tertiary/aromatic N) is 3. The molecule has 170 valence electrons. The number of aromatic nitrogens is 3. The summed E-state index contributed by atoms with van der Waals surface area (Å²) in [5, 5.41) is 11.9. The van der Waals surface area contributed by atoms with E-state index in [9.17, 15) is 0 Å². The van der Waals surface area contributed by atoms with Gasteiger partial charge in [0.1, 0.15) is 19.0 Å². The Labute approximate surface area is 188 Å². The van der Waals surface area contributed by atoms with Crippen LogP contribution in [0.1, 0.15) is 43.9 Å². The third-order valence-electron chi connectivity index (χ3n) is 6.13. The molecule has 5 rings (SSSR count). The van der Waals surface area contributed by atoms with Crippen LogP contribution in [-0.4, -0.2) is 59.5 Å². The molecule has 1 saturated heterocycles. The van der Waals surface area contributed by atoms with Crippen LogP contribution in [0.3, 0.4) is 0 Å². The monoisotopic (exact) mass is 437 g/mol. The maximum absolute atomic E-state index is 5.79. The lowest BCUT2D eigenvalue weighted by molar-refractivity contribution is 0.168. The molecule has 0 radical (unpaired) electrons. The molecule has 2 aliphatic heterocycles. The summed E-state index contributed by atoms with van der Waals surface area (Å²) in [5.41, 5.74) is 3.09. The molecule has 32 heavy (non-hydrogen) atoms. The van der Waals surface area contributed by atoms with Gasteiger partial charge in [0, 0.05) is 42.4 Å². The van der Waals surface area contributed by atoms with Crippen LogP contribution < -0.4 is 19.5 Å². The molecular weight excluding hydrogens is 406 g/mol. The molecule has 2 aromatic heterocycles. The van der Waals surface area contributed by atoms with Crippen molar-refractivity contribution >= 4 is 16.9 Å². The average molecular weight is 438 g/mol. The van der Waals surface area contributed by atoms with Crippen LogP contribution in [0.5, 0.6) is 17.2 Å². The van der Waals surface area contributed by atoms with E-state index in [0.717, 1.165) is 77.8 Å². The molecule has 0 saturated carbocycles. The predicted octanol–water partition coefficient (Wildman–Crippen LogP) is 3.94. The number of ether oxygens (including phenoxy) is 3. The first-order valence-electron chi connectivity index (χ1n) is 11.4. The van der Waals surface area contributed by atoms with Crippen molar-refractivity contribution in [3.8, 4) is 17.2 Å². The molecule has 0 unspecified atom stereocenters. The number of pyridine rings is 1. The summed E-state index contributed by atoms with van der Waals surface area (Å²) in [6.07, 6.45) is 2.28. The van der Waals surface area contributed by atoms with E-state index < -0.39 is 0 Å². The highest BCUT2D eigenvalue weighted by molar-refractivity contribution is 5.87. The van der Waals surface area contributed by atoms with E-state index in [4.69, 9.17) is 19.2 Å². The van der Waals surface area contributed by atoms with Gasteiger partial charge in [-0.3, -0.25) is 10.00 Å². The van der Waals surface area contributed by atoms with Gasteiger partial charge in [0.2, 0.25) is 0 Å². The summed E-state index contributed by atoms with van der Waals surface area (Å²) in [7, 11) is 1.71. The molecule has 2 aliphatic rings. The molecule has 1 fully saturated rings. The molecule has 4 heterocycles. The largest absolute Gasteiger partial charge is 0.496 e. The number of fused-ring (bicyclic) bond motifs is 2. The minimum Gasteiger partial charge on any atom is -0.496 e. The van der Waals surface area contributed by atoms with Crippen molar-refractivity contribution in [3.05, 3.63) is 35.5 Å². The summed E-state index contributed by atoms with van der Waals surface area (Å²) >= 11 is 0. The third kappa shape index (κ3) is 4.19. The summed E-state index contributed by atoms with van der Waals surface area (Å²) in [6.45, 7) is 8.20. The van der Waals surface area contributed by atoms with Gasteiger partial charge in [-0.25, -0.2) is 4.98 Å². The van der Waals surface area contributed by atoms with Crippen molar-refractivity contribution in [3.63, 3.8) is 0 Å². The molecule has 0 amide bonds. The van der Waals surface area contributed by atoms with Gasteiger partial charge in [0.05, 0.1) is 12.5 Å². The Morgan fingerprint density at radius 3 is 2.81 bits per heavy atom. The van der Waals surface area contributed by atoms with Crippen LogP contribution in [0, 0.1) is 0 Å². The van der Waals surface area contributed by atoms with Crippen molar-refractivity contribution in [2.75, 3.05) is 38.7 Å². The van der Waals surface area contributed by atoms with Crippen LogP contribution in [0.2, 0.25) is 0 Å². The third-order valence-corrected chi connectivity index (χ3v) is 6.13. The lowest BCUT2D eigenvalue weighted by Gasteiger charge is -2.33. The van der Waals surface area contributed by atoms with Gasteiger partial charge in [-0.2, -0.15) is 5.10 Å². The number of likely N-dealkylation sites (tertiary alicyclic amines) is 1. The highest BCUT2D eigenvalue weighted by atomic mass is 16.6. The highest BCUT2D eigenvalue weighted by Gasteiger charge is 2.25. The van der Waals surface area contributed by atoms with Crippen LogP contribution in [0.25, 0.3) is 11.0 Å². The molecule has 0 bridgehead atoms. The molecule has 0 spiro atoms. The summed E-state index contributed by atoms with van der Waals surface area (Å²) in [4.78, 5) is 7.39. The number of rotatable bonds is 6. The number of piperidine rings is 1. The maximum Gasteiger partial charge on any atom is 0.165 e. The average Bonchev–Trinajstić information content (AvgIpc) is 3.20. The van der Waals surface area contributed by atoms with Crippen molar-refractivity contribution in [1.82, 2.24) is 20.1 Å². The molecule has 1 atom stereocenters. The molecule has 8 nitrogen and oxygen atoms in total. The van der Waals surface area contributed by atoms with E-state index in [1.165, 1.54) is 0 Å². The van der Waals surface area contributed by atoms with E-state index in [2.05, 4.69) is 52.5 Å². The zero-order valence-electron chi connectivity index (χ0n) is 19.0. The number of hydrogen-bond donors (Lipinski definition) is 2. The summed E-state index contributed by atoms with van der Waals surface area (Å²) in [5.74, 6) is 3.67. The Bertz CT molecular complexity index is 1100. The molecule has 3 aromatic rings. The standard InChI is InChI=1S/C24H31N5O3/c1-15(2)25-23-18-6-7-19(26-24(18)28-27-23)16-5-4-8-29(13-16)14-17-11-21-22(12-20(17)30-3)32-10-9-31-21/h6-7,11-12,15-16H,4-5,8-10,13-14H2,1-3H3,(H2,25,26,27,28)/t16-/m0/s1. The first kappa shape index (κ1) is 20.9. The lowest BCUT2D eigenvalue weighted by atomic mass is 9.93. The number of H-pyrrole nitrogens is 1. The molecule has 1 aromatic carbocycles. The smallest absolute Gasteiger partial charge is 0.165 e. The van der Waals surface area contributed by atoms with E-state index in [1.54, 1.807) is 7.11 Å². The van der Waals surface area contributed by atoms with Gasteiger partial charge in [-0.1, -0.05) is 0 Å². The Balaban J connectivity index is 1.33. The van der Waals surface area contributed by atoms with Gasteiger partial charge >= 0.3 is 0 Å². The SMILES string of the molecule is COc1cc2c(cc1CN1CCC[C@H](c3ccc4c(NC(C)C)n[nH]c4n3)C1)OCCO2. The Morgan fingerprint density at radius 2 is 2.03 bits per heavy atom. The fourth-order valence-electron chi connectivity index (χ4n) is 4.64. The normalized spacial score (nSPS) is 18.8. The minimum absolute atomic E-state index is 0.325. The van der Waals surface area contributed by atoms with E-state index in [0.29, 0.717) is 25.2 Å². The Morgan fingerprint density at radius 1 is 1.22 bits per heavy atom. The highest BCUT2D eigenvalue weighted by Crippen LogP contribution is 2.38. The molecular formula is C24H31N5O3. The number of methoxy groups -OCH3 is 1. The van der Waals surface area contributed by atoms with Gasteiger partial charge in [-0.05, 0) is 51.4 Å². The number of benzene rings is 1. The first-order valence-corrected chi connectivity index (χ1v) is 11.4. The second kappa shape index (κ2) is 8.86. The molecule has 8 heteroatoms. The van der Waals surface area contributed by atoms with E-state index in [1.807, 2.05) is 6.07 Å². The number of aromatic amines is 1. The van der Waals surface area contributed by atoms with Crippen molar-refractivity contribution < 1.29 is 14.2 Å². The van der Waals surface area contributed by atoms with Gasteiger partial charge < -0.3 is 19.5 Å². The van der Waals surface area contributed by atoms with Gasteiger partial charge in [0.25, 0.3) is 0 Å². The Kier molecular flexibility index (Phi) is 5.78. The quantitative estimate of drug-likeness (QED) is 0.604. The van der Waals surface area contributed by atoms with Crippen LogP contribution in [0.4, 0.5) is 5.82 Å². The van der Waals surface area contributed by atoms with E-state index >= 15 is 0 Å². The van der Waals surface area contributed by atoms with E-state index in [-0.39, 0.29) is 0 Å². The van der Waals surface area contributed by atoms with Crippen LogP contribution in [0.15, 0.2) is 24.3 Å². The predicted molar refractivity (Wildman–Crippen MR) is 124 cm³/mol. The minimum atomic E-state index is 0.325. The second-order valence-corrected chi connectivity index (χ2v) is 8.89. The fraction of sp³-hybridized carbons (Fsp3) is 0.500. The second-order valence-electron chi connectivity index (χ2n) is 8.89.